The minimum absolute atomic E-state index is 0.0518. The molecule has 0 saturated carbocycles. The Balaban J connectivity index is 1.52. The second-order valence-electron chi connectivity index (χ2n) is 6.28. The van der Waals surface area contributed by atoms with Crippen LogP contribution >= 0.6 is 0 Å². The summed E-state index contributed by atoms with van der Waals surface area (Å²) in [5, 5.41) is 6.84. The zero-order chi connectivity index (χ0) is 16.7. The Kier molecular flexibility index (Phi) is 3.48. The van der Waals surface area contributed by atoms with Crippen LogP contribution in [0.3, 0.4) is 0 Å². The number of benzene rings is 1. The summed E-state index contributed by atoms with van der Waals surface area (Å²) in [5.41, 5.74) is 3.03. The highest BCUT2D eigenvalue weighted by Crippen LogP contribution is 2.25. The lowest BCUT2D eigenvalue weighted by Gasteiger charge is -2.32. The quantitative estimate of drug-likeness (QED) is 0.754. The summed E-state index contributed by atoms with van der Waals surface area (Å²) in [6, 6.07) is 9.58. The van der Waals surface area contributed by atoms with Gasteiger partial charge in [0.2, 0.25) is 0 Å². The molecule has 1 aliphatic heterocycles. The number of H-pyrrole nitrogens is 2. The van der Waals surface area contributed by atoms with Gasteiger partial charge < -0.3 is 9.88 Å². The number of aryl methyl sites for hydroxylation is 1. The number of hydrogen-bond donors (Lipinski definition) is 2. The van der Waals surface area contributed by atoms with Crippen molar-refractivity contribution in [2.24, 2.45) is 0 Å². The van der Waals surface area contributed by atoms with E-state index in [0.717, 1.165) is 29.6 Å². The van der Waals surface area contributed by atoms with E-state index >= 15 is 0 Å². The normalized spacial score (nSPS) is 16.0. The van der Waals surface area contributed by atoms with Gasteiger partial charge in [-0.15, -0.1) is 0 Å². The van der Waals surface area contributed by atoms with Crippen molar-refractivity contribution in [2.45, 2.75) is 25.8 Å². The van der Waals surface area contributed by atoms with Crippen LogP contribution in [0.25, 0.3) is 11.0 Å². The summed E-state index contributed by atoms with van der Waals surface area (Å²) >= 11 is 0. The second-order valence-corrected chi connectivity index (χ2v) is 6.28. The van der Waals surface area contributed by atoms with Crippen molar-refractivity contribution in [3.8, 4) is 0 Å². The largest absolute Gasteiger partial charge is 0.337 e. The highest BCUT2D eigenvalue weighted by atomic mass is 16.2. The molecule has 2 N–H and O–H groups in total. The Morgan fingerprint density at radius 1 is 1.25 bits per heavy atom. The summed E-state index contributed by atoms with van der Waals surface area (Å²) in [7, 11) is 0. The molecule has 1 amide bonds. The molecule has 124 valence electrons. The zero-order valence-electron chi connectivity index (χ0n) is 13.5. The average molecular weight is 325 g/mol. The third kappa shape index (κ3) is 2.42. The van der Waals surface area contributed by atoms with Gasteiger partial charge in [0, 0.05) is 24.8 Å². The molecule has 0 atom stereocenters. The summed E-state index contributed by atoms with van der Waals surface area (Å²) in [6.45, 7) is 3.13. The molecule has 24 heavy (non-hydrogen) atoms. The summed E-state index contributed by atoms with van der Waals surface area (Å²) in [5.74, 6) is -0.0518. The van der Waals surface area contributed by atoms with Crippen LogP contribution in [0, 0.1) is 6.92 Å². The van der Waals surface area contributed by atoms with Crippen LogP contribution in [0.2, 0.25) is 0 Å². The summed E-state index contributed by atoms with van der Waals surface area (Å²) in [4.78, 5) is 29.5. The van der Waals surface area contributed by atoms with E-state index in [4.69, 9.17) is 0 Å². The maximum atomic E-state index is 12.5. The summed E-state index contributed by atoms with van der Waals surface area (Å²) < 4.78 is 1.83. The number of rotatable bonds is 2. The number of hydrogen-bond acceptors (Lipinski definition) is 3. The standard InChI is InChI=1S/C17H19N5O2/c1-11-10-14(20-19-11)16(23)21-8-6-12(7-9-21)22-15-5-3-2-4-13(15)18-17(22)24/h2-5,10,12H,6-9H2,1H3,(H,18,24)(H,19,20). The van der Waals surface area contributed by atoms with Crippen molar-refractivity contribution in [2.75, 3.05) is 13.1 Å². The SMILES string of the molecule is Cc1cc(C(=O)N2CCC(n3c(=O)[nH]c4ccccc43)CC2)n[nH]1. The van der Waals surface area contributed by atoms with Crippen LogP contribution in [0.15, 0.2) is 35.1 Å². The van der Waals surface area contributed by atoms with Crippen LogP contribution in [0.4, 0.5) is 0 Å². The van der Waals surface area contributed by atoms with Crippen LogP contribution in [0.5, 0.6) is 0 Å². The Morgan fingerprint density at radius 3 is 2.71 bits per heavy atom. The van der Waals surface area contributed by atoms with Gasteiger partial charge in [0.25, 0.3) is 5.91 Å². The fraction of sp³-hybridized carbons (Fsp3) is 0.353. The molecule has 3 aromatic rings. The van der Waals surface area contributed by atoms with E-state index < -0.39 is 0 Å². The van der Waals surface area contributed by atoms with E-state index in [9.17, 15) is 9.59 Å². The Bertz CT molecular complexity index is 943. The first kappa shape index (κ1) is 14.7. The number of aromatic amines is 2. The Hall–Kier alpha value is -2.83. The van der Waals surface area contributed by atoms with Crippen molar-refractivity contribution in [3.63, 3.8) is 0 Å². The van der Waals surface area contributed by atoms with Crippen LogP contribution < -0.4 is 5.69 Å². The molecule has 7 heteroatoms. The Labute approximate surface area is 138 Å². The van der Waals surface area contributed by atoms with Crippen LogP contribution in [-0.4, -0.2) is 43.6 Å². The lowest BCUT2D eigenvalue weighted by molar-refractivity contribution is 0.0689. The van der Waals surface area contributed by atoms with Gasteiger partial charge in [0.1, 0.15) is 5.69 Å². The van der Waals surface area contributed by atoms with Gasteiger partial charge in [-0.2, -0.15) is 5.10 Å². The van der Waals surface area contributed by atoms with Gasteiger partial charge in [-0.1, -0.05) is 12.1 Å². The van der Waals surface area contributed by atoms with E-state index in [1.54, 1.807) is 6.07 Å². The van der Waals surface area contributed by atoms with Crippen LogP contribution in [0.1, 0.15) is 35.1 Å². The molecule has 0 spiro atoms. The minimum Gasteiger partial charge on any atom is -0.337 e. The molecule has 1 aromatic carbocycles. The lowest BCUT2D eigenvalue weighted by Crippen LogP contribution is -2.40. The molecular formula is C17H19N5O2. The van der Waals surface area contributed by atoms with Crippen molar-refractivity contribution in [3.05, 3.63) is 52.2 Å². The number of likely N-dealkylation sites (tertiary alicyclic amines) is 1. The summed E-state index contributed by atoms with van der Waals surface area (Å²) in [6.07, 6.45) is 1.52. The molecule has 1 aliphatic rings. The number of piperidine rings is 1. The average Bonchev–Trinajstić information content (AvgIpc) is 3.17. The number of nitrogens with zero attached hydrogens (tertiary/aromatic N) is 3. The lowest BCUT2D eigenvalue weighted by atomic mass is 10.0. The van der Waals surface area contributed by atoms with E-state index in [-0.39, 0.29) is 17.6 Å². The second kappa shape index (κ2) is 5.67. The third-order valence-electron chi connectivity index (χ3n) is 4.67. The number of carbonyl (C=O) groups excluding carboxylic acids is 1. The number of amides is 1. The fourth-order valence-corrected chi connectivity index (χ4v) is 3.45. The third-order valence-corrected chi connectivity index (χ3v) is 4.67. The van der Waals surface area contributed by atoms with Gasteiger partial charge >= 0.3 is 5.69 Å². The first-order valence-electron chi connectivity index (χ1n) is 8.14. The molecule has 2 aromatic heterocycles. The van der Waals surface area contributed by atoms with E-state index in [1.807, 2.05) is 40.7 Å². The number of aromatic nitrogens is 4. The van der Waals surface area contributed by atoms with Crippen molar-refractivity contribution in [1.29, 1.82) is 0 Å². The molecule has 4 rings (SSSR count). The predicted molar refractivity (Wildman–Crippen MR) is 90.1 cm³/mol. The van der Waals surface area contributed by atoms with Crippen molar-refractivity contribution >= 4 is 16.9 Å². The zero-order valence-corrected chi connectivity index (χ0v) is 13.5. The maximum absolute atomic E-state index is 12.5. The van der Waals surface area contributed by atoms with Crippen molar-refractivity contribution < 1.29 is 4.79 Å². The van der Waals surface area contributed by atoms with Gasteiger partial charge in [-0.05, 0) is 38.0 Å². The molecule has 1 fully saturated rings. The van der Waals surface area contributed by atoms with E-state index in [0.29, 0.717) is 18.8 Å². The highest BCUT2D eigenvalue weighted by Gasteiger charge is 2.27. The number of imidazole rings is 1. The molecule has 0 radical (unpaired) electrons. The maximum Gasteiger partial charge on any atom is 0.326 e. The smallest absolute Gasteiger partial charge is 0.326 e. The fourth-order valence-electron chi connectivity index (χ4n) is 3.45. The number of para-hydroxylation sites is 2. The van der Waals surface area contributed by atoms with E-state index in [2.05, 4.69) is 15.2 Å². The van der Waals surface area contributed by atoms with Crippen molar-refractivity contribution in [1.82, 2.24) is 24.6 Å². The number of nitrogens with one attached hydrogen (secondary N) is 2. The highest BCUT2D eigenvalue weighted by molar-refractivity contribution is 5.92. The molecular weight excluding hydrogens is 306 g/mol. The van der Waals surface area contributed by atoms with Gasteiger partial charge in [0.05, 0.1) is 11.0 Å². The monoisotopic (exact) mass is 325 g/mol. The molecule has 3 heterocycles. The molecule has 0 unspecified atom stereocenters. The van der Waals surface area contributed by atoms with Gasteiger partial charge in [-0.3, -0.25) is 14.5 Å². The van der Waals surface area contributed by atoms with Crippen LogP contribution in [-0.2, 0) is 0 Å². The van der Waals surface area contributed by atoms with Gasteiger partial charge in [0.15, 0.2) is 0 Å². The predicted octanol–water partition coefficient (Wildman–Crippen LogP) is 1.84. The minimum atomic E-state index is -0.0797. The molecule has 0 bridgehead atoms. The first-order chi connectivity index (χ1) is 11.6. The molecule has 0 aliphatic carbocycles. The molecule has 1 saturated heterocycles. The first-order valence-corrected chi connectivity index (χ1v) is 8.14. The molecule has 7 nitrogen and oxygen atoms in total. The Morgan fingerprint density at radius 2 is 2.00 bits per heavy atom. The topological polar surface area (TPSA) is 86.8 Å². The number of fused-ring (bicyclic) bond motifs is 1. The number of carbonyl (C=O) groups is 1. The van der Waals surface area contributed by atoms with E-state index in [1.165, 1.54) is 0 Å². The van der Waals surface area contributed by atoms with Gasteiger partial charge in [-0.25, -0.2) is 4.79 Å².